The van der Waals surface area contributed by atoms with E-state index in [0.29, 0.717) is 0 Å². The van der Waals surface area contributed by atoms with Crippen LogP contribution in [0.25, 0.3) is 0 Å². The average molecular weight is 114 g/mol. The molecular formula is C6H7FO. The highest BCUT2D eigenvalue weighted by molar-refractivity contribution is 5.13. The van der Waals surface area contributed by atoms with Gasteiger partial charge >= 0.3 is 0 Å². The molecule has 2 bridgehead atoms. The van der Waals surface area contributed by atoms with Crippen LogP contribution in [0, 0.1) is 0 Å². The monoisotopic (exact) mass is 114 g/mol. The molecule has 0 aliphatic carbocycles. The minimum Gasteiger partial charge on any atom is -0.364 e. The van der Waals surface area contributed by atoms with Crippen molar-refractivity contribution in [1.82, 2.24) is 0 Å². The van der Waals surface area contributed by atoms with E-state index in [1.807, 2.05) is 0 Å². The lowest BCUT2D eigenvalue weighted by atomic mass is 10.1. The Bertz CT molecular complexity index is 141. The van der Waals surface area contributed by atoms with Crippen molar-refractivity contribution < 1.29 is 9.13 Å². The molecule has 0 aromatic carbocycles. The van der Waals surface area contributed by atoms with E-state index in [0.717, 1.165) is 12.8 Å². The fourth-order valence-corrected chi connectivity index (χ4v) is 1.27. The lowest BCUT2D eigenvalue weighted by molar-refractivity contribution is 0.106. The smallest absolute Gasteiger partial charge is 0.127 e. The highest BCUT2D eigenvalue weighted by Crippen LogP contribution is 2.33. The molecule has 0 unspecified atom stereocenters. The van der Waals surface area contributed by atoms with Crippen molar-refractivity contribution in [3.05, 3.63) is 11.9 Å². The third-order valence-corrected chi connectivity index (χ3v) is 1.71. The van der Waals surface area contributed by atoms with Crippen LogP contribution in [-0.4, -0.2) is 12.2 Å². The summed E-state index contributed by atoms with van der Waals surface area (Å²) in [6, 6.07) is 0. The molecule has 2 rings (SSSR count). The summed E-state index contributed by atoms with van der Waals surface area (Å²) < 4.78 is 17.5. The summed E-state index contributed by atoms with van der Waals surface area (Å²) >= 11 is 0. The second-order valence-corrected chi connectivity index (χ2v) is 2.29. The maximum Gasteiger partial charge on any atom is 0.127 e. The van der Waals surface area contributed by atoms with Crippen LogP contribution in [0.3, 0.4) is 0 Å². The number of hydrogen-bond acceptors (Lipinski definition) is 1. The second kappa shape index (κ2) is 1.32. The Morgan fingerprint density at radius 1 is 1.62 bits per heavy atom. The van der Waals surface area contributed by atoms with E-state index in [1.165, 1.54) is 0 Å². The van der Waals surface area contributed by atoms with Gasteiger partial charge < -0.3 is 4.74 Å². The van der Waals surface area contributed by atoms with Gasteiger partial charge in [0.25, 0.3) is 0 Å². The summed E-state index contributed by atoms with van der Waals surface area (Å²) in [7, 11) is 0. The maximum absolute atomic E-state index is 12.4. The number of halogens is 1. The zero-order valence-electron chi connectivity index (χ0n) is 4.43. The maximum atomic E-state index is 12.4. The van der Waals surface area contributed by atoms with Crippen molar-refractivity contribution in [1.29, 1.82) is 0 Å². The van der Waals surface area contributed by atoms with E-state index >= 15 is 0 Å². The predicted molar refractivity (Wildman–Crippen MR) is 27.1 cm³/mol. The first-order valence-electron chi connectivity index (χ1n) is 2.89. The topological polar surface area (TPSA) is 9.23 Å². The number of rotatable bonds is 0. The molecule has 44 valence electrons. The summed E-state index contributed by atoms with van der Waals surface area (Å²) in [5.74, 6) is -0.0544. The molecule has 2 aliphatic rings. The Balaban J connectivity index is 2.29. The molecule has 8 heavy (non-hydrogen) atoms. The van der Waals surface area contributed by atoms with Crippen LogP contribution in [-0.2, 0) is 4.74 Å². The SMILES string of the molecule is FC1=C[C@H]2CC[C@@H]1O2. The van der Waals surface area contributed by atoms with Gasteiger partial charge in [-0.1, -0.05) is 0 Å². The Morgan fingerprint density at radius 2 is 2.50 bits per heavy atom. The van der Waals surface area contributed by atoms with E-state index in [1.54, 1.807) is 6.08 Å². The van der Waals surface area contributed by atoms with E-state index in [4.69, 9.17) is 4.74 Å². The minimum atomic E-state index is -0.167. The molecule has 0 radical (unpaired) electrons. The largest absolute Gasteiger partial charge is 0.364 e. The molecule has 2 atom stereocenters. The van der Waals surface area contributed by atoms with Crippen LogP contribution in [0.2, 0.25) is 0 Å². The highest BCUT2D eigenvalue weighted by Gasteiger charge is 2.33. The summed E-state index contributed by atoms with van der Waals surface area (Å²) in [6.07, 6.45) is 3.42. The van der Waals surface area contributed by atoms with Gasteiger partial charge in [-0.15, -0.1) is 0 Å². The van der Waals surface area contributed by atoms with Gasteiger partial charge in [-0.3, -0.25) is 0 Å². The Kier molecular flexibility index (Phi) is 0.742. The predicted octanol–water partition coefficient (Wildman–Crippen LogP) is 1.40. The fourth-order valence-electron chi connectivity index (χ4n) is 1.27. The molecule has 0 spiro atoms. The number of ether oxygens (including phenoxy) is 1. The lowest BCUT2D eigenvalue weighted by Crippen LogP contribution is -1.99. The highest BCUT2D eigenvalue weighted by atomic mass is 19.1. The van der Waals surface area contributed by atoms with Gasteiger partial charge in [-0.2, -0.15) is 0 Å². The first kappa shape index (κ1) is 4.50. The molecule has 0 amide bonds. The first-order chi connectivity index (χ1) is 3.86. The lowest BCUT2D eigenvalue weighted by Gasteiger charge is -1.98. The number of hydrogen-bond donors (Lipinski definition) is 0. The van der Waals surface area contributed by atoms with Crippen molar-refractivity contribution in [2.75, 3.05) is 0 Å². The average Bonchev–Trinajstić information content (AvgIpc) is 2.23. The molecule has 0 aromatic rings. The van der Waals surface area contributed by atoms with Crippen molar-refractivity contribution in [2.45, 2.75) is 25.0 Å². The molecule has 1 nitrogen and oxygen atoms in total. The minimum absolute atomic E-state index is 0.0544. The molecule has 0 aromatic heterocycles. The Hall–Kier alpha value is -0.370. The van der Waals surface area contributed by atoms with Gasteiger partial charge in [0.15, 0.2) is 0 Å². The second-order valence-electron chi connectivity index (χ2n) is 2.29. The Morgan fingerprint density at radius 3 is 2.75 bits per heavy atom. The van der Waals surface area contributed by atoms with Crippen LogP contribution < -0.4 is 0 Å². The van der Waals surface area contributed by atoms with Crippen LogP contribution in [0.5, 0.6) is 0 Å². The van der Waals surface area contributed by atoms with Crippen molar-refractivity contribution in [3.63, 3.8) is 0 Å². The van der Waals surface area contributed by atoms with Gasteiger partial charge in [0, 0.05) is 0 Å². The van der Waals surface area contributed by atoms with Crippen molar-refractivity contribution in [3.8, 4) is 0 Å². The van der Waals surface area contributed by atoms with Gasteiger partial charge in [-0.25, -0.2) is 4.39 Å². The van der Waals surface area contributed by atoms with Gasteiger partial charge in [0.05, 0.1) is 6.10 Å². The molecule has 2 heteroatoms. The van der Waals surface area contributed by atoms with E-state index in [9.17, 15) is 4.39 Å². The fraction of sp³-hybridized carbons (Fsp3) is 0.667. The van der Waals surface area contributed by atoms with E-state index < -0.39 is 0 Å². The summed E-state index contributed by atoms with van der Waals surface area (Å²) in [5, 5.41) is 0. The normalized spacial score (nSPS) is 42.9. The summed E-state index contributed by atoms with van der Waals surface area (Å²) in [5.41, 5.74) is 0. The van der Waals surface area contributed by atoms with E-state index in [2.05, 4.69) is 0 Å². The van der Waals surface area contributed by atoms with Gasteiger partial charge in [-0.05, 0) is 18.9 Å². The zero-order valence-corrected chi connectivity index (χ0v) is 4.43. The molecule has 0 N–H and O–H groups in total. The molecule has 1 saturated heterocycles. The van der Waals surface area contributed by atoms with Gasteiger partial charge in [0.1, 0.15) is 11.9 Å². The Labute approximate surface area is 47.1 Å². The quantitative estimate of drug-likeness (QED) is 0.462. The summed E-state index contributed by atoms with van der Waals surface area (Å²) in [4.78, 5) is 0. The van der Waals surface area contributed by atoms with Crippen molar-refractivity contribution in [2.24, 2.45) is 0 Å². The van der Waals surface area contributed by atoms with Crippen LogP contribution in [0.15, 0.2) is 11.9 Å². The van der Waals surface area contributed by atoms with Crippen LogP contribution >= 0.6 is 0 Å². The third-order valence-electron chi connectivity index (χ3n) is 1.71. The number of fused-ring (bicyclic) bond motifs is 2. The molecule has 1 fully saturated rings. The zero-order chi connectivity index (χ0) is 5.56. The summed E-state index contributed by atoms with van der Waals surface area (Å²) in [6.45, 7) is 0. The first-order valence-corrected chi connectivity index (χ1v) is 2.89. The molecular weight excluding hydrogens is 107 g/mol. The van der Waals surface area contributed by atoms with Crippen molar-refractivity contribution >= 4 is 0 Å². The third kappa shape index (κ3) is 0.436. The van der Waals surface area contributed by atoms with Crippen LogP contribution in [0.1, 0.15) is 12.8 Å². The standard InChI is InChI=1S/C6H7FO/c7-5-3-4-1-2-6(5)8-4/h3-4,6H,1-2H2/t4-,6+/m1/s1. The molecule has 2 heterocycles. The van der Waals surface area contributed by atoms with Gasteiger partial charge in [0.2, 0.25) is 0 Å². The van der Waals surface area contributed by atoms with E-state index in [-0.39, 0.29) is 18.0 Å². The molecule has 2 aliphatic heterocycles. The molecule has 0 saturated carbocycles. The van der Waals surface area contributed by atoms with Crippen LogP contribution in [0.4, 0.5) is 4.39 Å².